The Kier molecular flexibility index (Phi) is 3.86. The molecule has 102 valence electrons. The SMILES string of the molecule is COc1ccc(-c2nc(CN)no2)c(OC)c1OC. The zero-order chi connectivity index (χ0) is 13.8. The fourth-order valence-electron chi connectivity index (χ4n) is 1.72. The summed E-state index contributed by atoms with van der Waals surface area (Å²) in [6.07, 6.45) is 0. The first kappa shape index (κ1) is 13.2. The largest absolute Gasteiger partial charge is 0.493 e. The van der Waals surface area contributed by atoms with Gasteiger partial charge in [0.15, 0.2) is 17.3 Å². The van der Waals surface area contributed by atoms with Crippen LogP contribution in [0.2, 0.25) is 0 Å². The molecular formula is C12H15N3O4. The van der Waals surface area contributed by atoms with Gasteiger partial charge in [-0.3, -0.25) is 0 Å². The molecule has 2 N–H and O–H groups in total. The van der Waals surface area contributed by atoms with Crippen LogP contribution in [0.25, 0.3) is 11.5 Å². The molecule has 7 heteroatoms. The van der Waals surface area contributed by atoms with E-state index in [0.717, 1.165) is 0 Å². The number of benzene rings is 1. The smallest absolute Gasteiger partial charge is 0.261 e. The van der Waals surface area contributed by atoms with E-state index in [4.69, 9.17) is 24.5 Å². The minimum Gasteiger partial charge on any atom is -0.493 e. The lowest BCUT2D eigenvalue weighted by Gasteiger charge is -2.13. The molecule has 0 amide bonds. The predicted molar refractivity (Wildman–Crippen MR) is 67.3 cm³/mol. The van der Waals surface area contributed by atoms with E-state index in [1.54, 1.807) is 19.2 Å². The van der Waals surface area contributed by atoms with E-state index in [2.05, 4.69) is 10.1 Å². The van der Waals surface area contributed by atoms with E-state index >= 15 is 0 Å². The van der Waals surface area contributed by atoms with Crippen molar-refractivity contribution in [1.29, 1.82) is 0 Å². The summed E-state index contributed by atoms with van der Waals surface area (Å²) < 4.78 is 21.0. The van der Waals surface area contributed by atoms with E-state index < -0.39 is 0 Å². The minimum absolute atomic E-state index is 0.207. The van der Waals surface area contributed by atoms with Gasteiger partial charge in [-0.15, -0.1) is 0 Å². The zero-order valence-corrected chi connectivity index (χ0v) is 11.0. The molecule has 0 atom stereocenters. The third-order valence-electron chi connectivity index (χ3n) is 2.59. The fourth-order valence-corrected chi connectivity index (χ4v) is 1.72. The summed E-state index contributed by atoms with van der Waals surface area (Å²) in [5.41, 5.74) is 6.07. The van der Waals surface area contributed by atoms with Gasteiger partial charge in [-0.1, -0.05) is 5.16 Å². The maximum atomic E-state index is 5.45. The fraction of sp³-hybridized carbons (Fsp3) is 0.333. The van der Waals surface area contributed by atoms with Crippen LogP contribution in [0, 0.1) is 0 Å². The van der Waals surface area contributed by atoms with Crippen molar-refractivity contribution in [2.24, 2.45) is 5.73 Å². The maximum Gasteiger partial charge on any atom is 0.261 e. The van der Waals surface area contributed by atoms with E-state index in [0.29, 0.717) is 34.5 Å². The second-order valence-corrected chi connectivity index (χ2v) is 3.60. The summed E-state index contributed by atoms with van der Waals surface area (Å²) in [6.45, 7) is 0.207. The Labute approximate surface area is 110 Å². The quantitative estimate of drug-likeness (QED) is 0.868. The van der Waals surface area contributed by atoms with Gasteiger partial charge in [0.05, 0.1) is 33.4 Å². The van der Waals surface area contributed by atoms with Crippen LogP contribution in [0.3, 0.4) is 0 Å². The van der Waals surface area contributed by atoms with E-state index in [1.165, 1.54) is 14.2 Å². The number of ether oxygens (including phenoxy) is 3. The molecule has 1 aromatic heterocycles. The summed E-state index contributed by atoms with van der Waals surface area (Å²) in [4.78, 5) is 4.16. The first-order valence-corrected chi connectivity index (χ1v) is 5.57. The number of hydrogen-bond donors (Lipinski definition) is 1. The normalized spacial score (nSPS) is 10.3. The number of hydrogen-bond acceptors (Lipinski definition) is 7. The molecule has 0 bridgehead atoms. The van der Waals surface area contributed by atoms with Crippen molar-refractivity contribution in [1.82, 2.24) is 10.1 Å². The van der Waals surface area contributed by atoms with Crippen molar-refractivity contribution in [2.75, 3.05) is 21.3 Å². The van der Waals surface area contributed by atoms with Crippen LogP contribution in [0.5, 0.6) is 17.2 Å². The van der Waals surface area contributed by atoms with Gasteiger partial charge in [0.25, 0.3) is 5.89 Å². The van der Waals surface area contributed by atoms with Gasteiger partial charge < -0.3 is 24.5 Å². The van der Waals surface area contributed by atoms with Crippen molar-refractivity contribution in [2.45, 2.75) is 6.54 Å². The topological polar surface area (TPSA) is 92.6 Å². The third kappa shape index (κ3) is 2.32. The average Bonchev–Trinajstić information content (AvgIpc) is 2.94. The van der Waals surface area contributed by atoms with Gasteiger partial charge in [0, 0.05) is 0 Å². The van der Waals surface area contributed by atoms with Crippen molar-refractivity contribution >= 4 is 0 Å². The highest BCUT2D eigenvalue weighted by Crippen LogP contribution is 2.43. The summed E-state index contributed by atoms with van der Waals surface area (Å²) in [5, 5.41) is 3.75. The third-order valence-corrected chi connectivity index (χ3v) is 2.59. The summed E-state index contributed by atoms with van der Waals surface area (Å²) in [7, 11) is 4.61. The summed E-state index contributed by atoms with van der Waals surface area (Å²) in [5.74, 6) is 2.23. The molecule has 7 nitrogen and oxygen atoms in total. The summed E-state index contributed by atoms with van der Waals surface area (Å²) in [6, 6.07) is 3.50. The first-order chi connectivity index (χ1) is 9.24. The Balaban J connectivity index is 2.56. The Bertz CT molecular complexity index is 568. The Hall–Kier alpha value is -2.28. The van der Waals surface area contributed by atoms with Crippen LogP contribution in [0.1, 0.15) is 5.82 Å². The molecule has 0 unspecified atom stereocenters. The minimum atomic E-state index is 0.207. The van der Waals surface area contributed by atoms with Crippen LogP contribution in [0.15, 0.2) is 16.7 Å². The molecule has 0 spiro atoms. The molecule has 0 saturated heterocycles. The predicted octanol–water partition coefficient (Wildman–Crippen LogP) is 1.22. The molecule has 19 heavy (non-hydrogen) atoms. The molecule has 2 aromatic rings. The molecule has 1 aromatic carbocycles. The highest BCUT2D eigenvalue weighted by atomic mass is 16.5. The lowest BCUT2D eigenvalue weighted by atomic mass is 10.1. The number of methoxy groups -OCH3 is 3. The van der Waals surface area contributed by atoms with Crippen molar-refractivity contribution in [3.05, 3.63) is 18.0 Å². The van der Waals surface area contributed by atoms with Gasteiger partial charge >= 0.3 is 0 Å². The Morgan fingerprint density at radius 1 is 1.11 bits per heavy atom. The molecule has 1 heterocycles. The number of nitrogens with two attached hydrogens (primary N) is 1. The van der Waals surface area contributed by atoms with Gasteiger partial charge in [-0.2, -0.15) is 4.98 Å². The van der Waals surface area contributed by atoms with Crippen molar-refractivity contribution < 1.29 is 18.7 Å². The van der Waals surface area contributed by atoms with Crippen molar-refractivity contribution in [3.63, 3.8) is 0 Å². The van der Waals surface area contributed by atoms with Gasteiger partial charge in [-0.25, -0.2) is 0 Å². The van der Waals surface area contributed by atoms with E-state index in [-0.39, 0.29) is 6.54 Å². The molecular weight excluding hydrogens is 250 g/mol. The maximum absolute atomic E-state index is 5.45. The average molecular weight is 265 g/mol. The van der Waals surface area contributed by atoms with Gasteiger partial charge in [-0.05, 0) is 12.1 Å². The highest BCUT2D eigenvalue weighted by Gasteiger charge is 2.20. The molecule has 0 aliphatic heterocycles. The van der Waals surface area contributed by atoms with Crippen LogP contribution in [-0.4, -0.2) is 31.5 Å². The number of rotatable bonds is 5. The molecule has 0 aliphatic rings. The molecule has 0 aliphatic carbocycles. The molecule has 0 radical (unpaired) electrons. The lowest BCUT2D eigenvalue weighted by Crippen LogP contribution is -1.99. The Morgan fingerprint density at radius 3 is 2.37 bits per heavy atom. The van der Waals surface area contributed by atoms with Crippen LogP contribution in [0.4, 0.5) is 0 Å². The second kappa shape index (κ2) is 5.57. The number of nitrogens with zero attached hydrogens (tertiary/aromatic N) is 2. The number of aromatic nitrogens is 2. The van der Waals surface area contributed by atoms with E-state index in [9.17, 15) is 0 Å². The monoisotopic (exact) mass is 265 g/mol. The van der Waals surface area contributed by atoms with Gasteiger partial charge in [0.1, 0.15) is 0 Å². The zero-order valence-electron chi connectivity index (χ0n) is 11.0. The van der Waals surface area contributed by atoms with Crippen LogP contribution in [-0.2, 0) is 6.54 Å². The van der Waals surface area contributed by atoms with E-state index in [1.807, 2.05) is 0 Å². The Morgan fingerprint density at radius 2 is 1.84 bits per heavy atom. The van der Waals surface area contributed by atoms with Crippen LogP contribution < -0.4 is 19.9 Å². The molecule has 0 saturated carbocycles. The lowest BCUT2D eigenvalue weighted by molar-refractivity contribution is 0.324. The molecule has 2 rings (SSSR count). The second-order valence-electron chi connectivity index (χ2n) is 3.60. The first-order valence-electron chi connectivity index (χ1n) is 5.57. The highest BCUT2D eigenvalue weighted by molar-refractivity contribution is 5.71. The standard InChI is InChI=1S/C12H15N3O4/c1-16-8-5-4-7(10(17-2)11(8)18-3)12-14-9(6-13)15-19-12/h4-5H,6,13H2,1-3H3. The van der Waals surface area contributed by atoms with Crippen LogP contribution >= 0.6 is 0 Å². The summed E-state index contributed by atoms with van der Waals surface area (Å²) >= 11 is 0. The van der Waals surface area contributed by atoms with Crippen molar-refractivity contribution in [3.8, 4) is 28.7 Å². The molecule has 0 fully saturated rings. The van der Waals surface area contributed by atoms with Gasteiger partial charge in [0.2, 0.25) is 5.75 Å².